The molecule has 0 aliphatic heterocycles. The Labute approximate surface area is 121 Å². The fourth-order valence-corrected chi connectivity index (χ4v) is 3.85. The van der Waals surface area contributed by atoms with Crippen LogP contribution in [-0.2, 0) is 0 Å². The molecular formula is C16H22N2S. The molecule has 102 valence electrons. The number of aryl methyl sites for hydroxylation is 2. The molecule has 19 heavy (non-hydrogen) atoms. The second kappa shape index (κ2) is 5.12. The van der Waals surface area contributed by atoms with Crippen LogP contribution in [0.15, 0.2) is 18.2 Å². The van der Waals surface area contributed by atoms with Crippen LogP contribution in [0.2, 0.25) is 0 Å². The quantitative estimate of drug-likeness (QED) is 0.803. The minimum absolute atomic E-state index is 0.602. The Hall–Kier alpha value is -1.09. The molecule has 3 unspecified atom stereocenters. The number of fused-ring (bicyclic) bond motifs is 2. The van der Waals surface area contributed by atoms with Gasteiger partial charge in [0.15, 0.2) is 5.11 Å². The summed E-state index contributed by atoms with van der Waals surface area (Å²) < 4.78 is 0. The van der Waals surface area contributed by atoms with Gasteiger partial charge in [0.25, 0.3) is 0 Å². The number of hydrogen-bond donors (Lipinski definition) is 2. The summed E-state index contributed by atoms with van der Waals surface area (Å²) in [4.78, 5) is 0. The van der Waals surface area contributed by atoms with E-state index >= 15 is 0 Å². The predicted octanol–water partition coefficient (Wildman–Crippen LogP) is 3.78. The summed E-state index contributed by atoms with van der Waals surface area (Å²) in [6, 6.07) is 6.99. The highest BCUT2D eigenvalue weighted by Crippen LogP contribution is 2.44. The number of anilines is 1. The number of rotatable bonds is 2. The van der Waals surface area contributed by atoms with Crippen molar-refractivity contribution in [2.75, 3.05) is 5.32 Å². The van der Waals surface area contributed by atoms with Gasteiger partial charge in [-0.25, -0.2) is 0 Å². The van der Waals surface area contributed by atoms with Gasteiger partial charge in [0.1, 0.15) is 0 Å². The molecule has 0 heterocycles. The van der Waals surface area contributed by atoms with Gasteiger partial charge in [-0.15, -0.1) is 0 Å². The van der Waals surface area contributed by atoms with Crippen molar-refractivity contribution in [3.63, 3.8) is 0 Å². The first-order valence-corrected chi connectivity index (χ1v) is 7.67. The zero-order valence-electron chi connectivity index (χ0n) is 11.7. The average Bonchev–Trinajstić information content (AvgIpc) is 2.96. The molecule has 3 atom stereocenters. The topological polar surface area (TPSA) is 24.1 Å². The van der Waals surface area contributed by atoms with E-state index in [1.807, 2.05) is 0 Å². The van der Waals surface area contributed by atoms with Gasteiger partial charge < -0.3 is 10.6 Å². The van der Waals surface area contributed by atoms with Gasteiger partial charge in [0.2, 0.25) is 0 Å². The molecule has 0 amide bonds. The lowest BCUT2D eigenvalue weighted by molar-refractivity contribution is 0.392. The van der Waals surface area contributed by atoms with Crippen molar-refractivity contribution in [1.29, 1.82) is 0 Å². The van der Waals surface area contributed by atoms with E-state index in [-0.39, 0.29) is 0 Å². The summed E-state index contributed by atoms with van der Waals surface area (Å²) >= 11 is 5.44. The van der Waals surface area contributed by atoms with Crippen LogP contribution in [0.1, 0.15) is 36.8 Å². The van der Waals surface area contributed by atoms with Crippen LogP contribution in [0.3, 0.4) is 0 Å². The van der Waals surface area contributed by atoms with Gasteiger partial charge >= 0.3 is 0 Å². The summed E-state index contributed by atoms with van der Waals surface area (Å²) in [6.07, 6.45) is 5.53. The van der Waals surface area contributed by atoms with Gasteiger partial charge in [-0.1, -0.05) is 12.5 Å². The second-order valence-corrected chi connectivity index (χ2v) is 6.59. The molecular weight excluding hydrogens is 252 g/mol. The van der Waals surface area contributed by atoms with Gasteiger partial charge in [0, 0.05) is 11.7 Å². The summed E-state index contributed by atoms with van der Waals surface area (Å²) in [5.74, 6) is 1.80. The Bertz CT molecular complexity index is 498. The zero-order valence-corrected chi connectivity index (χ0v) is 12.5. The van der Waals surface area contributed by atoms with Crippen LogP contribution in [0.5, 0.6) is 0 Å². The summed E-state index contributed by atoms with van der Waals surface area (Å²) in [6.45, 7) is 4.26. The molecule has 2 N–H and O–H groups in total. The normalized spacial score (nSPS) is 28.4. The Morgan fingerprint density at radius 1 is 1.16 bits per heavy atom. The Balaban J connectivity index is 1.57. The summed E-state index contributed by atoms with van der Waals surface area (Å²) in [7, 11) is 0. The van der Waals surface area contributed by atoms with E-state index in [0.717, 1.165) is 22.6 Å². The van der Waals surface area contributed by atoms with Crippen LogP contribution < -0.4 is 10.6 Å². The Kier molecular flexibility index (Phi) is 3.48. The first-order valence-electron chi connectivity index (χ1n) is 7.26. The van der Waals surface area contributed by atoms with Crippen molar-refractivity contribution in [1.82, 2.24) is 5.32 Å². The Morgan fingerprint density at radius 3 is 2.63 bits per heavy atom. The highest BCUT2D eigenvalue weighted by atomic mass is 32.1. The highest BCUT2D eigenvalue weighted by molar-refractivity contribution is 7.80. The fraction of sp³-hybridized carbons (Fsp3) is 0.562. The molecule has 2 nitrogen and oxygen atoms in total. The largest absolute Gasteiger partial charge is 0.359 e. The second-order valence-electron chi connectivity index (χ2n) is 6.18. The first-order chi connectivity index (χ1) is 9.11. The molecule has 2 saturated carbocycles. The summed E-state index contributed by atoms with van der Waals surface area (Å²) in [5, 5.41) is 7.61. The minimum Gasteiger partial charge on any atom is -0.359 e. The minimum atomic E-state index is 0.602. The fourth-order valence-electron chi connectivity index (χ4n) is 3.58. The van der Waals surface area contributed by atoms with Crippen molar-refractivity contribution in [3.05, 3.63) is 29.3 Å². The smallest absolute Gasteiger partial charge is 0.171 e. The molecule has 3 heteroatoms. The standard InChI is InChI=1S/C16H22N2S/c1-10-3-6-14(7-11(10)2)17-16(19)18-15-9-12-4-5-13(15)8-12/h3,6-7,12-13,15H,4-5,8-9H2,1-2H3,(H2,17,18,19). The van der Waals surface area contributed by atoms with Crippen LogP contribution in [0, 0.1) is 25.7 Å². The van der Waals surface area contributed by atoms with Crippen LogP contribution in [0.4, 0.5) is 5.69 Å². The maximum atomic E-state index is 5.44. The molecule has 1 aromatic rings. The van der Waals surface area contributed by atoms with Crippen molar-refractivity contribution in [3.8, 4) is 0 Å². The molecule has 2 fully saturated rings. The molecule has 3 rings (SSSR count). The van der Waals surface area contributed by atoms with Crippen molar-refractivity contribution < 1.29 is 0 Å². The SMILES string of the molecule is Cc1ccc(NC(=S)NC2CC3CCC2C3)cc1C. The molecule has 0 radical (unpaired) electrons. The Morgan fingerprint density at radius 2 is 2.00 bits per heavy atom. The molecule has 2 aliphatic rings. The zero-order chi connectivity index (χ0) is 13.4. The van der Waals surface area contributed by atoms with E-state index in [1.54, 1.807) is 0 Å². The van der Waals surface area contributed by atoms with Gasteiger partial charge in [-0.2, -0.15) is 0 Å². The van der Waals surface area contributed by atoms with Crippen molar-refractivity contribution in [2.45, 2.75) is 45.6 Å². The molecule has 2 aliphatic carbocycles. The van der Waals surface area contributed by atoms with E-state index in [9.17, 15) is 0 Å². The van der Waals surface area contributed by atoms with Crippen LogP contribution in [-0.4, -0.2) is 11.2 Å². The van der Waals surface area contributed by atoms with E-state index < -0.39 is 0 Å². The predicted molar refractivity (Wildman–Crippen MR) is 84.5 cm³/mol. The van der Waals surface area contributed by atoms with Gasteiger partial charge in [-0.3, -0.25) is 0 Å². The van der Waals surface area contributed by atoms with Gasteiger partial charge in [0.05, 0.1) is 0 Å². The lowest BCUT2D eigenvalue weighted by Gasteiger charge is -2.24. The third-order valence-corrected chi connectivity index (χ3v) is 5.04. The number of benzene rings is 1. The van der Waals surface area contributed by atoms with Crippen LogP contribution in [0.25, 0.3) is 0 Å². The van der Waals surface area contributed by atoms with E-state index in [4.69, 9.17) is 12.2 Å². The van der Waals surface area contributed by atoms with Crippen LogP contribution >= 0.6 is 12.2 Å². The molecule has 0 aromatic heterocycles. The van der Waals surface area contributed by atoms with E-state index in [1.165, 1.54) is 36.8 Å². The molecule has 2 bridgehead atoms. The van der Waals surface area contributed by atoms with E-state index in [2.05, 4.69) is 42.7 Å². The van der Waals surface area contributed by atoms with Crippen molar-refractivity contribution >= 4 is 23.0 Å². The maximum Gasteiger partial charge on any atom is 0.171 e. The number of nitrogens with one attached hydrogen (secondary N) is 2. The van der Waals surface area contributed by atoms with Gasteiger partial charge in [-0.05, 0) is 80.4 Å². The highest BCUT2D eigenvalue weighted by Gasteiger charge is 2.39. The monoisotopic (exact) mass is 274 g/mol. The van der Waals surface area contributed by atoms with E-state index in [0.29, 0.717) is 6.04 Å². The van der Waals surface area contributed by atoms with Crippen molar-refractivity contribution in [2.24, 2.45) is 11.8 Å². The third-order valence-electron chi connectivity index (χ3n) is 4.82. The maximum absolute atomic E-state index is 5.44. The number of hydrogen-bond acceptors (Lipinski definition) is 1. The molecule has 1 aromatic carbocycles. The average molecular weight is 274 g/mol. The third kappa shape index (κ3) is 2.76. The number of thiocarbonyl (C=S) groups is 1. The lowest BCUT2D eigenvalue weighted by atomic mass is 9.95. The molecule has 0 spiro atoms. The molecule has 0 saturated heterocycles. The first kappa shape index (κ1) is 12.9. The summed E-state index contributed by atoms with van der Waals surface area (Å²) in [5.41, 5.74) is 3.70. The lowest BCUT2D eigenvalue weighted by Crippen LogP contribution is -2.40.